The summed E-state index contributed by atoms with van der Waals surface area (Å²) in [7, 11) is 1.57. The van der Waals surface area contributed by atoms with Crippen LogP contribution in [0.5, 0.6) is 0 Å². The average molecular weight is 331 g/mol. The lowest BCUT2D eigenvalue weighted by Gasteiger charge is -2.19. The maximum absolute atomic E-state index is 13.9. The molecule has 24 heavy (non-hydrogen) atoms. The Morgan fingerprint density at radius 2 is 2.25 bits per heavy atom. The molecule has 0 unspecified atom stereocenters. The van der Waals surface area contributed by atoms with E-state index in [4.69, 9.17) is 5.73 Å². The maximum atomic E-state index is 13.9. The van der Waals surface area contributed by atoms with Gasteiger partial charge in [0.1, 0.15) is 11.6 Å². The van der Waals surface area contributed by atoms with Gasteiger partial charge in [0.25, 0.3) is 0 Å². The lowest BCUT2D eigenvalue weighted by molar-refractivity contribution is 0.228. The molecule has 3 N–H and O–H groups in total. The summed E-state index contributed by atoms with van der Waals surface area (Å²) in [5.74, 6) is 0.0736. The van der Waals surface area contributed by atoms with Crippen molar-refractivity contribution in [1.82, 2.24) is 4.90 Å². The van der Waals surface area contributed by atoms with E-state index < -0.39 is 5.82 Å². The van der Waals surface area contributed by atoms with E-state index in [9.17, 15) is 9.18 Å². The quantitative estimate of drug-likeness (QED) is 0.654. The molecule has 1 aromatic rings. The smallest absolute Gasteiger partial charge is 0.327 e. The van der Waals surface area contributed by atoms with Crippen molar-refractivity contribution < 1.29 is 9.18 Å². The van der Waals surface area contributed by atoms with Crippen LogP contribution in [0.4, 0.5) is 20.6 Å². The van der Waals surface area contributed by atoms with Crippen LogP contribution in [-0.4, -0.2) is 37.0 Å². The number of anilines is 2. The molecule has 2 amide bonds. The highest BCUT2D eigenvalue weighted by Crippen LogP contribution is 2.27. The number of benzene rings is 1. The van der Waals surface area contributed by atoms with E-state index in [0.29, 0.717) is 23.6 Å². The second-order valence-corrected chi connectivity index (χ2v) is 5.35. The largest absolute Gasteiger partial charge is 0.396 e. The molecular weight excluding hydrogens is 309 g/mol. The van der Waals surface area contributed by atoms with Crippen molar-refractivity contribution in [1.29, 1.82) is 0 Å². The van der Waals surface area contributed by atoms with E-state index in [1.807, 2.05) is 6.92 Å². The van der Waals surface area contributed by atoms with Crippen molar-refractivity contribution in [2.45, 2.75) is 26.7 Å². The monoisotopic (exact) mass is 331 g/mol. The summed E-state index contributed by atoms with van der Waals surface area (Å²) in [6.07, 6.45) is 4.74. The van der Waals surface area contributed by atoms with Crippen LogP contribution in [0, 0.1) is 5.82 Å². The molecule has 0 atom stereocenters. The van der Waals surface area contributed by atoms with Gasteiger partial charge in [0, 0.05) is 37.3 Å². The first kappa shape index (κ1) is 17.7. The average Bonchev–Trinajstić information content (AvgIpc) is 2.95. The Morgan fingerprint density at radius 3 is 2.88 bits per heavy atom. The second kappa shape index (κ2) is 7.72. The van der Waals surface area contributed by atoms with Gasteiger partial charge >= 0.3 is 6.03 Å². The molecule has 0 radical (unpaired) electrons. The first-order chi connectivity index (χ1) is 11.5. The zero-order valence-corrected chi connectivity index (χ0v) is 14.1. The minimum absolute atomic E-state index is 0.00390. The van der Waals surface area contributed by atoms with Crippen molar-refractivity contribution in [2.75, 3.05) is 24.6 Å². The fraction of sp³-hybridized carbons (Fsp3) is 0.353. The lowest BCUT2D eigenvalue weighted by atomic mass is 10.1. The standard InChI is InChI=1S/C17H22FN5O/c1-4-11-6-7-23(16(11)21-5-2)17(24)22-13-8-12(10-20-3)15(19)14(18)9-13/h5,8-10H,4,6-7,19H2,1-3H3,(H,22,24)/b20-10?,21-5-. The molecule has 7 heteroatoms. The highest BCUT2D eigenvalue weighted by atomic mass is 19.1. The lowest BCUT2D eigenvalue weighted by Crippen LogP contribution is -2.32. The van der Waals surface area contributed by atoms with Crippen LogP contribution < -0.4 is 11.1 Å². The number of nitrogen functional groups attached to an aromatic ring is 1. The van der Waals surface area contributed by atoms with E-state index in [2.05, 4.69) is 15.3 Å². The number of nitrogens with one attached hydrogen (secondary N) is 1. The minimum Gasteiger partial charge on any atom is -0.396 e. The highest BCUT2D eigenvalue weighted by molar-refractivity contribution is 5.94. The number of nitrogens with zero attached hydrogens (tertiary/aromatic N) is 3. The molecule has 0 fully saturated rings. The Bertz CT molecular complexity index is 724. The van der Waals surface area contributed by atoms with Crippen LogP contribution in [0.25, 0.3) is 0 Å². The predicted octanol–water partition coefficient (Wildman–Crippen LogP) is 3.41. The first-order valence-corrected chi connectivity index (χ1v) is 7.82. The molecule has 1 aliphatic rings. The number of hydrogen-bond donors (Lipinski definition) is 2. The molecule has 1 heterocycles. The van der Waals surface area contributed by atoms with Gasteiger partial charge in [-0.2, -0.15) is 0 Å². The van der Waals surface area contributed by atoms with Crippen molar-refractivity contribution >= 4 is 29.8 Å². The van der Waals surface area contributed by atoms with Gasteiger partial charge in [-0.05, 0) is 37.5 Å². The van der Waals surface area contributed by atoms with E-state index >= 15 is 0 Å². The number of hydrogen-bond acceptors (Lipinski definition) is 4. The molecule has 0 saturated heterocycles. The van der Waals surface area contributed by atoms with Gasteiger partial charge in [-0.15, -0.1) is 0 Å². The molecule has 0 aliphatic carbocycles. The summed E-state index contributed by atoms with van der Waals surface area (Å²) in [6, 6.07) is 2.44. The number of carbonyl (C=O) groups is 1. The molecule has 2 rings (SSSR count). The Hall–Kier alpha value is -2.70. The first-order valence-electron chi connectivity index (χ1n) is 7.82. The fourth-order valence-corrected chi connectivity index (χ4v) is 2.62. The predicted molar refractivity (Wildman–Crippen MR) is 96.2 cm³/mol. The molecule has 128 valence electrons. The van der Waals surface area contributed by atoms with Gasteiger partial charge in [-0.3, -0.25) is 9.89 Å². The Balaban J connectivity index is 2.26. The summed E-state index contributed by atoms with van der Waals surface area (Å²) >= 11 is 0. The normalized spacial score (nSPS) is 15.1. The SMILES string of the molecule is C/C=N\C1=C(CC)CCN1C(=O)Nc1cc(F)c(N)c(C=NC)c1. The summed E-state index contributed by atoms with van der Waals surface area (Å²) in [5, 5.41) is 2.71. The number of amides is 2. The number of halogens is 1. The third-order valence-electron chi connectivity index (χ3n) is 3.81. The highest BCUT2D eigenvalue weighted by Gasteiger charge is 2.26. The zero-order valence-electron chi connectivity index (χ0n) is 14.1. The fourth-order valence-electron chi connectivity index (χ4n) is 2.62. The Morgan fingerprint density at radius 1 is 1.50 bits per heavy atom. The van der Waals surface area contributed by atoms with Crippen LogP contribution in [0.1, 0.15) is 32.3 Å². The van der Waals surface area contributed by atoms with E-state index in [1.54, 1.807) is 31.2 Å². The van der Waals surface area contributed by atoms with Gasteiger partial charge in [-0.1, -0.05) is 6.92 Å². The van der Waals surface area contributed by atoms with Crippen LogP contribution in [-0.2, 0) is 0 Å². The maximum Gasteiger partial charge on any atom is 0.327 e. The van der Waals surface area contributed by atoms with Crippen LogP contribution in [0.2, 0.25) is 0 Å². The Labute approximate surface area is 141 Å². The van der Waals surface area contributed by atoms with E-state index in [1.165, 1.54) is 12.3 Å². The van der Waals surface area contributed by atoms with Gasteiger partial charge in [0.05, 0.1) is 5.69 Å². The number of aliphatic imine (C=N–C) groups is 2. The van der Waals surface area contributed by atoms with Gasteiger partial charge in [0.15, 0.2) is 0 Å². The van der Waals surface area contributed by atoms with Gasteiger partial charge in [0.2, 0.25) is 0 Å². The summed E-state index contributed by atoms with van der Waals surface area (Å²) < 4.78 is 13.9. The molecule has 0 spiro atoms. The van der Waals surface area contributed by atoms with Gasteiger partial charge < -0.3 is 11.1 Å². The summed E-state index contributed by atoms with van der Waals surface area (Å²) in [6.45, 7) is 4.40. The summed E-state index contributed by atoms with van der Waals surface area (Å²) in [4.78, 5) is 22.3. The number of urea groups is 1. The number of nitrogens with two attached hydrogens (primary N) is 1. The molecule has 1 aliphatic heterocycles. The van der Waals surface area contributed by atoms with Crippen molar-refractivity contribution in [3.05, 3.63) is 34.9 Å². The molecule has 6 nitrogen and oxygen atoms in total. The topological polar surface area (TPSA) is 83.1 Å². The van der Waals surface area contributed by atoms with E-state index in [0.717, 1.165) is 18.4 Å². The van der Waals surface area contributed by atoms with Crippen molar-refractivity contribution in [3.8, 4) is 0 Å². The molecule has 0 bridgehead atoms. The third kappa shape index (κ3) is 3.61. The van der Waals surface area contributed by atoms with Crippen molar-refractivity contribution in [3.63, 3.8) is 0 Å². The molecule has 0 saturated carbocycles. The van der Waals surface area contributed by atoms with Crippen LogP contribution in [0.3, 0.4) is 0 Å². The number of carbonyl (C=O) groups excluding carboxylic acids is 1. The molecular formula is C17H22FN5O. The van der Waals surface area contributed by atoms with Gasteiger partial charge in [-0.25, -0.2) is 14.2 Å². The second-order valence-electron chi connectivity index (χ2n) is 5.35. The third-order valence-corrected chi connectivity index (χ3v) is 3.81. The van der Waals surface area contributed by atoms with Crippen LogP contribution in [0.15, 0.2) is 33.5 Å². The zero-order chi connectivity index (χ0) is 17.7. The Kier molecular flexibility index (Phi) is 5.68. The van der Waals surface area contributed by atoms with E-state index in [-0.39, 0.29) is 11.7 Å². The summed E-state index contributed by atoms with van der Waals surface area (Å²) in [5.41, 5.74) is 7.55. The number of rotatable bonds is 4. The molecule has 1 aromatic carbocycles. The molecule has 0 aromatic heterocycles. The van der Waals surface area contributed by atoms with Crippen LogP contribution >= 0.6 is 0 Å². The minimum atomic E-state index is -0.597. The van der Waals surface area contributed by atoms with Crippen molar-refractivity contribution in [2.24, 2.45) is 9.98 Å².